The molecule has 0 saturated carbocycles. The van der Waals surface area contributed by atoms with E-state index in [9.17, 15) is 14.0 Å². The summed E-state index contributed by atoms with van der Waals surface area (Å²) >= 11 is 6.91. The standard InChI is InChI=1S/C13H7ClFN3O2S/c14-7-1-2-10(9(15)5-7)17-11(19)8-6-16-13-18(12(8)20)3-4-21-13/h1-6H,(H,17,19). The molecule has 2 aromatic heterocycles. The summed E-state index contributed by atoms with van der Waals surface area (Å²) < 4.78 is 14.9. The van der Waals surface area contributed by atoms with Crippen molar-refractivity contribution in [3.63, 3.8) is 0 Å². The average molecular weight is 324 g/mol. The van der Waals surface area contributed by atoms with Gasteiger partial charge in [-0.1, -0.05) is 11.6 Å². The molecule has 0 spiro atoms. The number of nitrogens with one attached hydrogen (secondary N) is 1. The predicted molar refractivity (Wildman–Crippen MR) is 78.7 cm³/mol. The van der Waals surface area contributed by atoms with Gasteiger partial charge in [0.05, 0.1) is 5.69 Å². The van der Waals surface area contributed by atoms with E-state index in [4.69, 9.17) is 11.6 Å². The first-order chi connectivity index (χ1) is 10.1. The summed E-state index contributed by atoms with van der Waals surface area (Å²) in [6, 6.07) is 3.83. The fourth-order valence-electron chi connectivity index (χ4n) is 1.76. The van der Waals surface area contributed by atoms with Gasteiger partial charge in [-0.2, -0.15) is 0 Å². The Balaban J connectivity index is 1.97. The lowest BCUT2D eigenvalue weighted by atomic mass is 10.2. The molecule has 1 amide bonds. The van der Waals surface area contributed by atoms with Gasteiger partial charge >= 0.3 is 0 Å². The van der Waals surface area contributed by atoms with Gasteiger partial charge in [-0.3, -0.25) is 14.0 Å². The summed E-state index contributed by atoms with van der Waals surface area (Å²) in [5.74, 6) is -1.41. The Hall–Kier alpha value is -2.25. The van der Waals surface area contributed by atoms with Crippen LogP contribution < -0.4 is 10.9 Å². The number of hydrogen-bond acceptors (Lipinski definition) is 4. The number of amides is 1. The fraction of sp³-hybridized carbons (Fsp3) is 0. The second-order valence-corrected chi connectivity index (χ2v) is 5.42. The molecule has 0 fully saturated rings. The molecular weight excluding hydrogens is 317 g/mol. The van der Waals surface area contributed by atoms with Gasteiger partial charge < -0.3 is 5.32 Å². The van der Waals surface area contributed by atoms with Crippen LogP contribution in [0.4, 0.5) is 10.1 Å². The van der Waals surface area contributed by atoms with Crippen LogP contribution in [0.15, 0.2) is 40.8 Å². The highest BCUT2D eigenvalue weighted by atomic mass is 35.5. The lowest BCUT2D eigenvalue weighted by Crippen LogP contribution is -2.26. The fourth-order valence-corrected chi connectivity index (χ4v) is 2.59. The molecular formula is C13H7ClFN3O2S. The molecule has 0 aliphatic carbocycles. The Kier molecular flexibility index (Phi) is 3.44. The summed E-state index contributed by atoms with van der Waals surface area (Å²) in [4.78, 5) is 28.7. The molecule has 0 unspecified atom stereocenters. The van der Waals surface area contributed by atoms with Crippen LogP contribution in [0, 0.1) is 5.82 Å². The zero-order valence-corrected chi connectivity index (χ0v) is 11.9. The van der Waals surface area contributed by atoms with Crippen LogP contribution in [0.25, 0.3) is 4.96 Å². The van der Waals surface area contributed by atoms with E-state index in [1.54, 1.807) is 5.38 Å². The van der Waals surface area contributed by atoms with Gasteiger partial charge in [-0.05, 0) is 18.2 Å². The van der Waals surface area contributed by atoms with Crippen LogP contribution in [-0.2, 0) is 0 Å². The second-order valence-electron chi connectivity index (χ2n) is 4.11. The van der Waals surface area contributed by atoms with Crippen LogP contribution >= 0.6 is 22.9 Å². The average Bonchev–Trinajstić information content (AvgIpc) is 2.91. The molecule has 8 heteroatoms. The number of hydrogen-bond donors (Lipinski definition) is 1. The van der Waals surface area contributed by atoms with E-state index in [-0.39, 0.29) is 16.3 Å². The third kappa shape index (κ3) is 2.53. The number of carbonyl (C=O) groups is 1. The van der Waals surface area contributed by atoms with Crippen molar-refractivity contribution >= 4 is 39.5 Å². The minimum atomic E-state index is -0.727. The molecule has 0 saturated heterocycles. The highest BCUT2D eigenvalue weighted by molar-refractivity contribution is 7.15. The zero-order chi connectivity index (χ0) is 15.0. The van der Waals surface area contributed by atoms with E-state index in [0.717, 1.165) is 6.07 Å². The van der Waals surface area contributed by atoms with E-state index >= 15 is 0 Å². The monoisotopic (exact) mass is 323 g/mol. The number of thiazole rings is 1. The topological polar surface area (TPSA) is 63.5 Å². The molecule has 2 heterocycles. The Bertz CT molecular complexity index is 906. The summed E-state index contributed by atoms with van der Waals surface area (Å²) in [6.45, 7) is 0. The lowest BCUT2D eigenvalue weighted by molar-refractivity contribution is 0.102. The van der Waals surface area contributed by atoms with Crippen LogP contribution in [0.3, 0.4) is 0 Å². The number of benzene rings is 1. The van der Waals surface area contributed by atoms with Crippen molar-refractivity contribution in [2.75, 3.05) is 5.32 Å². The third-order valence-corrected chi connectivity index (χ3v) is 3.77. The Morgan fingerprint density at radius 3 is 3.00 bits per heavy atom. The van der Waals surface area contributed by atoms with Crippen molar-refractivity contribution in [2.45, 2.75) is 0 Å². The summed E-state index contributed by atoms with van der Waals surface area (Å²) in [5, 5.41) is 4.23. The molecule has 0 atom stereocenters. The molecule has 0 aliphatic heterocycles. The highest BCUT2D eigenvalue weighted by Crippen LogP contribution is 2.19. The predicted octanol–water partition coefficient (Wildman–Crippen LogP) is 2.80. The number of nitrogens with zero attached hydrogens (tertiary/aromatic N) is 2. The van der Waals surface area contributed by atoms with Gasteiger partial charge in [0.25, 0.3) is 11.5 Å². The first kappa shape index (κ1) is 13.7. The maximum absolute atomic E-state index is 13.6. The van der Waals surface area contributed by atoms with E-state index in [1.807, 2.05) is 0 Å². The van der Waals surface area contributed by atoms with Gasteiger partial charge in [-0.15, -0.1) is 11.3 Å². The quantitative estimate of drug-likeness (QED) is 0.788. The molecule has 3 aromatic rings. The molecule has 1 N–H and O–H groups in total. The van der Waals surface area contributed by atoms with Crippen molar-refractivity contribution in [2.24, 2.45) is 0 Å². The first-order valence-electron chi connectivity index (χ1n) is 5.77. The maximum atomic E-state index is 13.6. The van der Waals surface area contributed by atoms with Crippen LogP contribution in [0.2, 0.25) is 5.02 Å². The largest absolute Gasteiger partial charge is 0.319 e. The van der Waals surface area contributed by atoms with Crippen molar-refractivity contribution in [3.05, 3.63) is 62.7 Å². The van der Waals surface area contributed by atoms with Gasteiger partial charge in [0, 0.05) is 22.8 Å². The number of fused-ring (bicyclic) bond motifs is 1. The summed E-state index contributed by atoms with van der Waals surface area (Å²) in [7, 11) is 0. The first-order valence-corrected chi connectivity index (χ1v) is 7.03. The molecule has 21 heavy (non-hydrogen) atoms. The van der Waals surface area contributed by atoms with E-state index in [2.05, 4.69) is 10.3 Å². The van der Waals surface area contributed by atoms with E-state index in [0.29, 0.717) is 4.96 Å². The number of aromatic nitrogens is 2. The van der Waals surface area contributed by atoms with Gasteiger partial charge in [0.1, 0.15) is 11.4 Å². The number of halogens is 2. The maximum Gasteiger partial charge on any atom is 0.271 e. The summed E-state index contributed by atoms with van der Waals surface area (Å²) in [6.07, 6.45) is 2.70. The van der Waals surface area contributed by atoms with Crippen molar-refractivity contribution in [1.82, 2.24) is 9.38 Å². The smallest absolute Gasteiger partial charge is 0.271 e. The third-order valence-electron chi connectivity index (χ3n) is 2.77. The van der Waals surface area contributed by atoms with Crippen LogP contribution in [0.1, 0.15) is 10.4 Å². The number of anilines is 1. The molecule has 106 valence electrons. The molecule has 0 bridgehead atoms. The van der Waals surface area contributed by atoms with Crippen LogP contribution in [0.5, 0.6) is 0 Å². The minimum Gasteiger partial charge on any atom is -0.319 e. The molecule has 3 rings (SSSR count). The number of carbonyl (C=O) groups excluding carboxylic acids is 1. The molecule has 0 aliphatic rings. The van der Waals surface area contributed by atoms with Crippen molar-refractivity contribution in [1.29, 1.82) is 0 Å². The van der Waals surface area contributed by atoms with Crippen molar-refractivity contribution < 1.29 is 9.18 Å². The number of rotatable bonds is 2. The van der Waals surface area contributed by atoms with E-state index in [1.165, 1.54) is 40.3 Å². The summed E-state index contributed by atoms with van der Waals surface area (Å²) in [5.41, 5.74) is -0.729. The van der Waals surface area contributed by atoms with Gasteiger partial charge in [-0.25, -0.2) is 9.37 Å². The zero-order valence-electron chi connectivity index (χ0n) is 10.3. The minimum absolute atomic E-state index is 0.0563. The molecule has 0 radical (unpaired) electrons. The normalized spacial score (nSPS) is 10.8. The SMILES string of the molecule is O=C(Nc1ccc(Cl)cc1F)c1cnc2sccn2c1=O. The second kappa shape index (κ2) is 5.27. The van der Waals surface area contributed by atoms with Gasteiger partial charge in [0.15, 0.2) is 4.96 Å². The van der Waals surface area contributed by atoms with Crippen molar-refractivity contribution in [3.8, 4) is 0 Å². The Morgan fingerprint density at radius 1 is 1.43 bits per heavy atom. The lowest BCUT2D eigenvalue weighted by Gasteiger charge is -2.06. The van der Waals surface area contributed by atoms with Crippen LogP contribution in [-0.4, -0.2) is 15.3 Å². The highest BCUT2D eigenvalue weighted by Gasteiger charge is 2.15. The molecule has 5 nitrogen and oxygen atoms in total. The Labute approximate surface area is 126 Å². The van der Waals surface area contributed by atoms with Gasteiger partial charge in [0.2, 0.25) is 0 Å². The van der Waals surface area contributed by atoms with E-state index < -0.39 is 17.3 Å². The molecule has 1 aromatic carbocycles. The Morgan fingerprint density at radius 2 is 2.24 bits per heavy atom.